The van der Waals surface area contributed by atoms with Crippen molar-refractivity contribution in [3.8, 4) is 23.8 Å². The number of benzene rings is 1. The van der Waals surface area contributed by atoms with Gasteiger partial charge in [0.15, 0.2) is 17.6 Å². The van der Waals surface area contributed by atoms with Gasteiger partial charge in [-0.3, -0.25) is 4.79 Å². The van der Waals surface area contributed by atoms with Crippen LogP contribution in [-0.2, 0) is 9.53 Å². The number of hydrogen-bond donors (Lipinski definition) is 0. The minimum Gasteiger partial charge on any atom is -0.493 e. The lowest BCUT2D eigenvalue weighted by Gasteiger charge is -2.14. The molecule has 0 heterocycles. The first kappa shape index (κ1) is 12.9. The molecule has 0 amide bonds. The summed E-state index contributed by atoms with van der Waals surface area (Å²) in [5, 5.41) is 0. The number of esters is 1. The molecule has 1 aromatic carbocycles. The standard InChI is InChI=1S/C13H14O4/c1-5-11(17-9(2)14)10-6-7-12(15-3)13(8-10)16-4/h1,6-8,11H,2-4H3/t11-/m1/s1. The highest BCUT2D eigenvalue weighted by atomic mass is 16.5. The lowest BCUT2D eigenvalue weighted by Crippen LogP contribution is -2.06. The van der Waals surface area contributed by atoms with Crippen LogP contribution in [0.1, 0.15) is 18.6 Å². The summed E-state index contributed by atoms with van der Waals surface area (Å²) in [5.41, 5.74) is 0.667. The molecule has 0 aliphatic heterocycles. The maximum absolute atomic E-state index is 10.9. The molecule has 90 valence electrons. The molecule has 17 heavy (non-hydrogen) atoms. The zero-order valence-corrected chi connectivity index (χ0v) is 10.0. The van der Waals surface area contributed by atoms with E-state index in [1.807, 2.05) is 0 Å². The average Bonchev–Trinajstić information content (AvgIpc) is 2.34. The van der Waals surface area contributed by atoms with Crippen LogP contribution in [0, 0.1) is 12.3 Å². The Balaban J connectivity index is 3.05. The van der Waals surface area contributed by atoms with Gasteiger partial charge < -0.3 is 14.2 Å². The summed E-state index contributed by atoms with van der Waals surface area (Å²) in [6.07, 6.45) is 4.60. The monoisotopic (exact) mass is 234 g/mol. The second-order valence-corrected chi connectivity index (χ2v) is 3.27. The zero-order chi connectivity index (χ0) is 12.8. The summed E-state index contributed by atoms with van der Waals surface area (Å²) < 4.78 is 15.2. The van der Waals surface area contributed by atoms with E-state index in [9.17, 15) is 4.79 Å². The SMILES string of the molecule is C#C[C@@H](OC(C)=O)c1ccc(OC)c(OC)c1. The molecule has 4 heteroatoms. The third-order valence-electron chi connectivity index (χ3n) is 2.15. The summed E-state index contributed by atoms with van der Waals surface area (Å²) in [7, 11) is 3.07. The van der Waals surface area contributed by atoms with Gasteiger partial charge in [0, 0.05) is 12.5 Å². The Morgan fingerprint density at radius 3 is 2.41 bits per heavy atom. The van der Waals surface area contributed by atoms with Gasteiger partial charge in [0.2, 0.25) is 0 Å². The van der Waals surface area contributed by atoms with Crippen molar-refractivity contribution >= 4 is 5.97 Å². The van der Waals surface area contributed by atoms with Crippen LogP contribution in [0.5, 0.6) is 11.5 Å². The number of rotatable bonds is 4. The smallest absolute Gasteiger partial charge is 0.304 e. The van der Waals surface area contributed by atoms with E-state index in [0.29, 0.717) is 17.1 Å². The summed E-state index contributed by atoms with van der Waals surface area (Å²) in [4.78, 5) is 10.9. The molecule has 1 aromatic rings. The molecule has 0 aliphatic carbocycles. The Kier molecular flexibility index (Phi) is 4.41. The molecule has 0 saturated carbocycles. The van der Waals surface area contributed by atoms with Crippen molar-refractivity contribution in [3.63, 3.8) is 0 Å². The van der Waals surface area contributed by atoms with E-state index in [0.717, 1.165) is 0 Å². The van der Waals surface area contributed by atoms with Crippen molar-refractivity contribution in [1.29, 1.82) is 0 Å². The van der Waals surface area contributed by atoms with Crippen LogP contribution >= 0.6 is 0 Å². The molecule has 1 rings (SSSR count). The van der Waals surface area contributed by atoms with E-state index < -0.39 is 12.1 Å². The Bertz CT molecular complexity index is 445. The fourth-order valence-corrected chi connectivity index (χ4v) is 1.38. The first-order valence-corrected chi connectivity index (χ1v) is 4.97. The van der Waals surface area contributed by atoms with Gasteiger partial charge in [0.1, 0.15) is 0 Å². The fourth-order valence-electron chi connectivity index (χ4n) is 1.38. The first-order chi connectivity index (χ1) is 8.12. The normalized spacial score (nSPS) is 11.2. The van der Waals surface area contributed by atoms with Crippen LogP contribution in [0.15, 0.2) is 18.2 Å². The zero-order valence-electron chi connectivity index (χ0n) is 10.0. The Morgan fingerprint density at radius 1 is 1.29 bits per heavy atom. The summed E-state index contributed by atoms with van der Waals surface area (Å²) in [5.74, 6) is 3.10. The molecule has 0 bridgehead atoms. The molecule has 0 spiro atoms. The molecule has 0 unspecified atom stereocenters. The van der Waals surface area contributed by atoms with Crippen LogP contribution in [0.4, 0.5) is 0 Å². The Labute approximate surface area is 100 Å². The van der Waals surface area contributed by atoms with Crippen molar-refractivity contribution in [1.82, 2.24) is 0 Å². The van der Waals surface area contributed by atoms with E-state index in [1.54, 1.807) is 25.3 Å². The minimum atomic E-state index is -0.715. The van der Waals surface area contributed by atoms with E-state index in [4.69, 9.17) is 20.6 Å². The summed E-state index contributed by atoms with van der Waals surface area (Å²) >= 11 is 0. The van der Waals surface area contributed by atoms with Crippen molar-refractivity contribution < 1.29 is 19.0 Å². The van der Waals surface area contributed by atoms with Crippen molar-refractivity contribution in [2.24, 2.45) is 0 Å². The van der Waals surface area contributed by atoms with Crippen molar-refractivity contribution in [3.05, 3.63) is 23.8 Å². The van der Waals surface area contributed by atoms with Gasteiger partial charge in [-0.05, 0) is 12.1 Å². The maximum atomic E-state index is 10.9. The molecule has 4 nitrogen and oxygen atoms in total. The maximum Gasteiger partial charge on any atom is 0.304 e. The molecule has 0 N–H and O–H groups in total. The van der Waals surface area contributed by atoms with Gasteiger partial charge in [-0.15, -0.1) is 6.42 Å². The molecule has 0 radical (unpaired) electrons. The molecule has 0 saturated heterocycles. The average molecular weight is 234 g/mol. The second kappa shape index (κ2) is 5.80. The lowest BCUT2D eigenvalue weighted by atomic mass is 10.1. The number of hydrogen-bond acceptors (Lipinski definition) is 4. The van der Waals surface area contributed by atoms with Crippen LogP contribution < -0.4 is 9.47 Å². The minimum absolute atomic E-state index is 0.428. The predicted octanol–water partition coefficient (Wildman–Crippen LogP) is 1.94. The van der Waals surface area contributed by atoms with E-state index in [-0.39, 0.29) is 0 Å². The van der Waals surface area contributed by atoms with Gasteiger partial charge in [0.05, 0.1) is 14.2 Å². The third kappa shape index (κ3) is 3.15. The van der Waals surface area contributed by atoms with E-state index >= 15 is 0 Å². The highest BCUT2D eigenvalue weighted by Gasteiger charge is 2.14. The highest BCUT2D eigenvalue weighted by Crippen LogP contribution is 2.30. The number of ether oxygens (including phenoxy) is 3. The van der Waals surface area contributed by atoms with Crippen LogP contribution in [-0.4, -0.2) is 20.2 Å². The number of methoxy groups -OCH3 is 2. The van der Waals surface area contributed by atoms with Gasteiger partial charge in [-0.25, -0.2) is 0 Å². The second-order valence-electron chi connectivity index (χ2n) is 3.27. The van der Waals surface area contributed by atoms with Crippen LogP contribution in [0.3, 0.4) is 0 Å². The summed E-state index contributed by atoms with van der Waals surface area (Å²) in [6, 6.07) is 5.13. The van der Waals surface area contributed by atoms with Gasteiger partial charge in [-0.1, -0.05) is 12.0 Å². The van der Waals surface area contributed by atoms with Crippen LogP contribution in [0.2, 0.25) is 0 Å². The van der Waals surface area contributed by atoms with Gasteiger partial charge in [-0.2, -0.15) is 0 Å². The first-order valence-electron chi connectivity index (χ1n) is 4.97. The molecule has 0 aromatic heterocycles. The topological polar surface area (TPSA) is 44.8 Å². The molecular formula is C13H14O4. The molecule has 0 fully saturated rings. The van der Waals surface area contributed by atoms with Crippen molar-refractivity contribution in [2.45, 2.75) is 13.0 Å². The Morgan fingerprint density at radius 2 is 1.94 bits per heavy atom. The Hall–Kier alpha value is -2.15. The fraction of sp³-hybridized carbons (Fsp3) is 0.308. The number of carbonyl (C=O) groups is 1. The summed E-state index contributed by atoms with van der Waals surface area (Å²) in [6.45, 7) is 1.31. The predicted molar refractivity (Wildman–Crippen MR) is 62.9 cm³/mol. The van der Waals surface area contributed by atoms with Gasteiger partial charge in [0.25, 0.3) is 0 Å². The number of terminal acetylenes is 1. The number of carbonyl (C=O) groups excluding carboxylic acids is 1. The van der Waals surface area contributed by atoms with Crippen molar-refractivity contribution in [2.75, 3.05) is 14.2 Å². The van der Waals surface area contributed by atoms with E-state index in [1.165, 1.54) is 14.0 Å². The quantitative estimate of drug-likeness (QED) is 0.590. The third-order valence-corrected chi connectivity index (χ3v) is 2.15. The molecular weight excluding hydrogens is 220 g/mol. The van der Waals surface area contributed by atoms with E-state index in [2.05, 4.69) is 5.92 Å². The lowest BCUT2D eigenvalue weighted by molar-refractivity contribution is -0.144. The van der Waals surface area contributed by atoms with Gasteiger partial charge >= 0.3 is 5.97 Å². The largest absolute Gasteiger partial charge is 0.493 e. The highest BCUT2D eigenvalue weighted by molar-refractivity contribution is 5.66. The molecule has 1 atom stereocenters. The van der Waals surface area contributed by atoms with Crippen LogP contribution in [0.25, 0.3) is 0 Å². The molecule has 0 aliphatic rings.